The van der Waals surface area contributed by atoms with E-state index in [1.54, 1.807) is 0 Å². The number of hydrogen-bond donors (Lipinski definition) is 2. The molecule has 0 bridgehead atoms. The van der Waals surface area contributed by atoms with Crippen LogP contribution < -0.4 is 20.9 Å². The van der Waals surface area contributed by atoms with Crippen LogP contribution in [0.2, 0.25) is 0 Å². The van der Waals surface area contributed by atoms with E-state index in [2.05, 4.69) is 133 Å². The van der Waals surface area contributed by atoms with E-state index < -0.39 is 5.41 Å². The van der Waals surface area contributed by atoms with Crippen LogP contribution in [0.3, 0.4) is 0 Å². The van der Waals surface area contributed by atoms with Gasteiger partial charge in [0.25, 0.3) is 0 Å². The number of anilines is 2. The first-order valence-corrected chi connectivity index (χ1v) is 18.6. The second kappa shape index (κ2) is 13.7. The van der Waals surface area contributed by atoms with Gasteiger partial charge in [0.15, 0.2) is 11.5 Å². The summed E-state index contributed by atoms with van der Waals surface area (Å²) >= 11 is 0. The summed E-state index contributed by atoms with van der Waals surface area (Å²) in [7, 11) is 0. The molecule has 4 nitrogen and oxygen atoms in total. The van der Waals surface area contributed by atoms with Crippen molar-refractivity contribution in [3.05, 3.63) is 215 Å². The van der Waals surface area contributed by atoms with Gasteiger partial charge in [0.05, 0.1) is 16.8 Å². The Morgan fingerprint density at radius 1 is 0.364 bits per heavy atom. The molecule has 1 aliphatic carbocycles. The van der Waals surface area contributed by atoms with Crippen LogP contribution in [0.4, 0.5) is 11.4 Å². The average Bonchev–Trinajstić information content (AvgIpc) is 3.53. The number of rotatable bonds is 8. The predicted octanol–water partition coefficient (Wildman–Crippen LogP) is 12.7. The minimum Gasteiger partial charge on any atom is -0.455 e. The van der Waals surface area contributed by atoms with Gasteiger partial charge in [0.2, 0.25) is 0 Å². The Balaban J connectivity index is 1.32. The Morgan fingerprint density at radius 3 is 1.20 bits per heavy atom. The Labute approximate surface area is 322 Å². The SMILES string of the molecule is Cc1cccc(Oc2ccc(C3(c4ccc(Oc5cccc(C)c5N)c(-c5ccccc5)c4)c4ccccc4-c4ccccc43)cc2-c2ccccc2)c1N. The van der Waals surface area contributed by atoms with Crippen LogP contribution in [0.25, 0.3) is 33.4 Å². The van der Waals surface area contributed by atoms with Crippen molar-refractivity contribution in [3.63, 3.8) is 0 Å². The van der Waals surface area contributed by atoms with E-state index in [1.165, 1.54) is 22.3 Å². The second-order valence-electron chi connectivity index (χ2n) is 14.2. The third-order valence-electron chi connectivity index (χ3n) is 11.0. The smallest absolute Gasteiger partial charge is 0.150 e. The Kier molecular flexibility index (Phi) is 8.44. The van der Waals surface area contributed by atoms with Crippen molar-refractivity contribution in [2.75, 3.05) is 11.5 Å². The van der Waals surface area contributed by atoms with Gasteiger partial charge in [0.1, 0.15) is 11.5 Å². The van der Waals surface area contributed by atoms with E-state index in [0.717, 1.165) is 56.0 Å². The number of nitrogens with two attached hydrogens (primary N) is 2. The predicted molar refractivity (Wildman–Crippen MR) is 226 cm³/mol. The van der Waals surface area contributed by atoms with Crippen LogP contribution in [0.1, 0.15) is 33.4 Å². The highest BCUT2D eigenvalue weighted by atomic mass is 16.5. The molecule has 266 valence electrons. The molecule has 0 atom stereocenters. The van der Waals surface area contributed by atoms with Crippen molar-refractivity contribution >= 4 is 11.4 Å². The Morgan fingerprint density at radius 2 is 0.764 bits per heavy atom. The average molecular weight is 713 g/mol. The molecular formula is C51H40N2O2. The third kappa shape index (κ3) is 5.71. The quantitative estimate of drug-likeness (QED) is 0.154. The molecule has 4 N–H and O–H groups in total. The maximum atomic E-state index is 6.69. The molecule has 8 aromatic rings. The van der Waals surface area contributed by atoms with Crippen molar-refractivity contribution in [2.24, 2.45) is 0 Å². The van der Waals surface area contributed by atoms with E-state index in [-0.39, 0.29) is 0 Å². The van der Waals surface area contributed by atoms with E-state index in [9.17, 15) is 0 Å². The molecule has 1 aliphatic rings. The minimum atomic E-state index is -0.692. The first kappa shape index (κ1) is 33.8. The first-order chi connectivity index (χ1) is 26.9. The molecule has 0 saturated heterocycles. The molecule has 0 amide bonds. The molecular weight excluding hydrogens is 673 g/mol. The van der Waals surface area contributed by atoms with Crippen molar-refractivity contribution in [1.82, 2.24) is 0 Å². The van der Waals surface area contributed by atoms with Gasteiger partial charge in [0, 0.05) is 11.1 Å². The van der Waals surface area contributed by atoms with Gasteiger partial charge < -0.3 is 20.9 Å². The molecule has 0 fully saturated rings. The van der Waals surface area contributed by atoms with Crippen LogP contribution in [-0.2, 0) is 5.41 Å². The highest BCUT2D eigenvalue weighted by Crippen LogP contribution is 2.58. The van der Waals surface area contributed by atoms with E-state index in [1.807, 2.05) is 62.4 Å². The molecule has 0 aliphatic heterocycles. The zero-order chi connectivity index (χ0) is 37.5. The molecule has 0 aromatic heterocycles. The number of aryl methyl sites for hydroxylation is 2. The fraction of sp³-hybridized carbons (Fsp3) is 0.0588. The van der Waals surface area contributed by atoms with Crippen molar-refractivity contribution in [2.45, 2.75) is 19.3 Å². The Hall–Kier alpha value is -7.04. The van der Waals surface area contributed by atoms with Crippen LogP contribution in [0.5, 0.6) is 23.0 Å². The second-order valence-corrected chi connectivity index (χ2v) is 14.2. The van der Waals surface area contributed by atoms with E-state index in [0.29, 0.717) is 22.9 Å². The van der Waals surface area contributed by atoms with Crippen molar-refractivity contribution in [1.29, 1.82) is 0 Å². The lowest BCUT2D eigenvalue weighted by atomic mass is 9.67. The standard InChI is InChI=1S/C51H40N2O2/c1-33-15-13-25-47(49(33)52)54-45-29-27-37(31-41(45)35-17-5-3-6-18-35)51(43-23-11-9-21-39(43)40-22-10-12-24-44(40)51)38-28-30-46(42(32-38)36-19-7-4-8-20-36)55-48-26-14-16-34(2)50(48)53/h3-32H,52-53H2,1-2H3. The van der Waals surface area contributed by atoms with E-state index >= 15 is 0 Å². The summed E-state index contributed by atoms with van der Waals surface area (Å²) in [4.78, 5) is 0. The van der Waals surface area contributed by atoms with Gasteiger partial charge in [-0.3, -0.25) is 0 Å². The molecule has 55 heavy (non-hydrogen) atoms. The molecule has 4 heteroatoms. The van der Waals surface area contributed by atoms with Crippen LogP contribution in [-0.4, -0.2) is 0 Å². The maximum Gasteiger partial charge on any atom is 0.150 e. The molecule has 0 spiro atoms. The van der Waals surface area contributed by atoms with Gasteiger partial charge in [-0.1, -0.05) is 146 Å². The minimum absolute atomic E-state index is 0.629. The van der Waals surface area contributed by atoms with Gasteiger partial charge >= 0.3 is 0 Å². The lowest BCUT2D eigenvalue weighted by molar-refractivity contribution is 0.486. The summed E-state index contributed by atoms with van der Waals surface area (Å²) in [5.74, 6) is 2.72. The van der Waals surface area contributed by atoms with Gasteiger partial charge in [-0.05, 0) is 106 Å². The van der Waals surface area contributed by atoms with Crippen molar-refractivity contribution in [3.8, 4) is 56.4 Å². The summed E-state index contributed by atoms with van der Waals surface area (Å²) in [6.07, 6.45) is 0. The molecule has 0 unspecified atom stereocenters. The number of benzene rings is 8. The molecule has 8 aromatic carbocycles. The molecule has 0 saturated carbocycles. The third-order valence-corrected chi connectivity index (χ3v) is 11.0. The van der Waals surface area contributed by atoms with Crippen LogP contribution in [0, 0.1) is 13.8 Å². The lowest BCUT2D eigenvalue weighted by Gasteiger charge is -2.35. The summed E-state index contributed by atoms with van der Waals surface area (Å²) in [5, 5.41) is 0. The van der Waals surface area contributed by atoms with Crippen LogP contribution >= 0.6 is 0 Å². The first-order valence-electron chi connectivity index (χ1n) is 18.6. The molecule has 0 radical (unpaired) electrons. The fourth-order valence-electron chi connectivity index (χ4n) is 8.14. The summed E-state index contributed by atoms with van der Waals surface area (Å²) in [6, 6.07) is 63.4. The number of hydrogen-bond acceptors (Lipinski definition) is 4. The number of fused-ring (bicyclic) bond motifs is 3. The van der Waals surface area contributed by atoms with Gasteiger partial charge in [-0.15, -0.1) is 0 Å². The van der Waals surface area contributed by atoms with Gasteiger partial charge in [-0.2, -0.15) is 0 Å². The zero-order valence-electron chi connectivity index (χ0n) is 30.8. The maximum absolute atomic E-state index is 6.69. The van der Waals surface area contributed by atoms with Crippen molar-refractivity contribution < 1.29 is 9.47 Å². The fourth-order valence-corrected chi connectivity index (χ4v) is 8.14. The monoisotopic (exact) mass is 712 g/mol. The highest BCUT2D eigenvalue weighted by molar-refractivity contribution is 5.88. The molecule has 0 heterocycles. The highest BCUT2D eigenvalue weighted by Gasteiger charge is 2.46. The van der Waals surface area contributed by atoms with Crippen LogP contribution in [0.15, 0.2) is 182 Å². The Bertz CT molecular complexity index is 2510. The summed E-state index contributed by atoms with van der Waals surface area (Å²) in [5.41, 5.74) is 26.7. The van der Waals surface area contributed by atoms with Gasteiger partial charge in [-0.25, -0.2) is 0 Å². The largest absolute Gasteiger partial charge is 0.455 e. The topological polar surface area (TPSA) is 70.5 Å². The summed E-state index contributed by atoms with van der Waals surface area (Å²) in [6.45, 7) is 4.00. The number of nitrogen functional groups attached to an aromatic ring is 2. The lowest BCUT2D eigenvalue weighted by Crippen LogP contribution is -2.28. The molecule has 9 rings (SSSR count). The normalized spacial score (nSPS) is 12.5. The zero-order valence-corrected chi connectivity index (χ0v) is 30.8. The summed E-state index contributed by atoms with van der Waals surface area (Å²) < 4.78 is 13.4. The number of para-hydroxylation sites is 2. The number of ether oxygens (including phenoxy) is 2. The van der Waals surface area contributed by atoms with E-state index in [4.69, 9.17) is 20.9 Å².